The number of benzene rings is 1. The summed E-state index contributed by atoms with van der Waals surface area (Å²) in [6.07, 6.45) is 0. The van der Waals surface area contributed by atoms with Crippen molar-refractivity contribution in [1.29, 1.82) is 0 Å². The van der Waals surface area contributed by atoms with Crippen LogP contribution < -0.4 is 0 Å². The second kappa shape index (κ2) is 16.1. The highest BCUT2D eigenvalue weighted by Gasteiger charge is 2.15. The zero-order valence-electron chi connectivity index (χ0n) is 17.3. The summed E-state index contributed by atoms with van der Waals surface area (Å²) in [7, 11) is 0. The van der Waals surface area contributed by atoms with Gasteiger partial charge in [-0.15, -0.1) is 0 Å². The second-order valence-corrected chi connectivity index (χ2v) is 6.42. The van der Waals surface area contributed by atoms with Gasteiger partial charge in [-0.1, -0.05) is 18.2 Å². The third-order valence-electron chi connectivity index (χ3n) is 4.20. The van der Waals surface area contributed by atoms with E-state index in [0.29, 0.717) is 90.4 Å². The van der Waals surface area contributed by atoms with Crippen LogP contribution in [0.5, 0.6) is 0 Å². The van der Waals surface area contributed by atoms with Gasteiger partial charge in [-0.2, -0.15) is 0 Å². The molecular weight excluding hydrogens is 396 g/mol. The molecule has 1 aliphatic heterocycles. The van der Waals surface area contributed by atoms with E-state index in [2.05, 4.69) is 0 Å². The van der Waals surface area contributed by atoms with Crippen molar-refractivity contribution in [2.45, 2.75) is 13.2 Å². The summed E-state index contributed by atoms with van der Waals surface area (Å²) >= 11 is 0. The fourth-order valence-corrected chi connectivity index (χ4v) is 2.75. The maximum Gasteiger partial charge on any atom is 0.336 e. The standard InChI is InChI=1S/C21H32O9/c22-21(23)20-18-2-1-3-19(20)17-30-15-13-28-11-9-26-7-5-24-4-6-25-8-10-27-12-14-29-16-18/h1-3H,4-17H2,(H,22,23). The van der Waals surface area contributed by atoms with Crippen molar-refractivity contribution in [3.05, 3.63) is 34.9 Å². The molecule has 2 rings (SSSR count). The topological polar surface area (TPSA) is 102 Å². The molecule has 1 aliphatic rings. The van der Waals surface area contributed by atoms with Crippen LogP contribution in [0.3, 0.4) is 0 Å². The summed E-state index contributed by atoms with van der Waals surface area (Å²) < 4.78 is 38.3. The number of carboxylic acid groups (broad SMARTS) is 1. The maximum atomic E-state index is 11.7. The van der Waals surface area contributed by atoms with Crippen molar-refractivity contribution in [2.24, 2.45) is 0 Å². The van der Waals surface area contributed by atoms with Gasteiger partial charge in [0.1, 0.15) is 0 Å². The van der Waals surface area contributed by atoms with E-state index >= 15 is 0 Å². The van der Waals surface area contributed by atoms with Crippen LogP contribution in [0.4, 0.5) is 0 Å². The highest BCUT2D eigenvalue weighted by molar-refractivity contribution is 5.91. The Balaban J connectivity index is 1.84. The Kier molecular flexibility index (Phi) is 13.3. The quantitative estimate of drug-likeness (QED) is 0.713. The lowest BCUT2D eigenvalue weighted by molar-refractivity contribution is -0.0221. The molecule has 2 bridgehead atoms. The first-order chi connectivity index (χ1) is 14.8. The lowest BCUT2D eigenvalue weighted by atomic mass is 10.0. The van der Waals surface area contributed by atoms with E-state index in [4.69, 9.17) is 33.2 Å². The molecule has 0 aliphatic carbocycles. The predicted octanol–water partition coefficient (Wildman–Crippen LogP) is 1.51. The minimum Gasteiger partial charge on any atom is -0.478 e. The van der Waals surface area contributed by atoms with E-state index in [9.17, 15) is 9.90 Å². The Hall–Kier alpha value is -1.59. The molecule has 30 heavy (non-hydrogen) atoms. The van der Waals surface area contributed by atoms with Crippen LogP contribution in [0, 0.1) is 0 Å². The molecule has 0 saturated heterocycles. The number of fused-ring (bicyclic) bond motifs is 2. The van der Waals surface area contributed by atoms with Gasteiger partial charge in [0.05, 0.1) is 98.1 Å². The molecule has 1 aromatic carbocycles. The van der Waals surface area contributed by atoms with Crippen LogP contribution in [-0.2, 0) is 46.4 Å². The highest BCUT2D eigenvalue weighted by Crippen LogP contribution is 2.17. The zero-order chi connectivity index (χ0) is 21.3. The van der Waals surface area contributed by atoms with Crippen LogP contribution in [0.2, 0.25) is 0 Å². The average molecular weight is 428 g/mol. The summed E-state index contributed by atoms with van der Waals surface area (Å²) in [6, 6.07) is 5.30. The number of carboxylic acids is 1. The number of hydrogen-bond donors (Lipinski definition) is 1. The predicted molar refractivity (Wildman–Crippen MR) is 107 cm³/mol. The number of rotatable bonds is 1. The summed E-state index contributed by atoms with van der Waals surface area (Å²) in [5.41, 5.74) is 1.43. The van der Waals surface area contributed by atoms with Gasteiger partial charge in [0, 0.05) is 0 Å². The van der Waals surface area contributed by atoms with Gasteiger partial charge in [-0.3, -0.25) is 0 Å². The fraction of sp³-hybridized carbons (Fsp3) is 0.667. The van der Waals surface area contributed by atoms with E-state index in [1.165, 1.54) is 0 Å². The molecule has 0 spiro atoms. The molecule has 0 fully saturated rings. The summed E-state index contributed by atoms with van der Waals surface area (Å²) in [5, 5.41) is 9.62. The van der Waals surface area contributed by atoms with Crippen molar-refractivity contribution >= 4 is 5.97 Å². The number of carbonyl (C=O) groups is 1. The molecule has 1 aromatic rings. The fourth-order valence-electron chi connectivity index (χ4n) is 2.75. The maximum absolute atomic E-state index is 11.7. The minimum atomic E-state index is -1.000. The normalized spacial score (nSPS) is 20.1. The highest BCUT2D eigenvalue weighted by atomic mass is 16.6. The van der Waals surface area contributed by atoms with Gasteiger partial charge < -0.3 is 38.3 Å². The second-order valence-electron chi connectivity index (χ2n) is 6.42. The lowest BCUT2D eigenvalue weighted by Crippen LogP contribution is -2.15. The van der Waals surface area contributed by atoms with Crippen molar-refractivity contribution in [3.8, 4) is 0 Å². The minimum absolute atomic E-state index is 0.190. The lowest BCUT2D eigenvalue weighted by Gasteiger charge is -2.13. The SMILES string of the molecule is O=C(O)c1c2cccc1COCCOCCOCCOCCOCCOCCOC2. The molecule has 0 amide bonds. The van der Waals surface area contributed by atoms with Gasteiger partial charge in [0.25, 0.3) is 0 Å². The Labute approximate surface area is 177 Å². The molecule has 9 nitrogen and oxygen atoms in total. The van der Waals surface area contributed by atoms with Gasteiger partial charge in [-0.25, -0.2) is 4.79 Å². The Morgan fingerprint density at radius 1 is 0.567 bits per heavy atom. The van der Waals surface area contributed by atoms with Gasteiger partial charge in [-0.05, 0) is 11.1 Å². The molecule has 0 radical (unpaired) electrons. The van der Waals surface area contributed by atoms with Crippen LogP contribution in [0.15, 0.2) is 18.2 Å². The molecule has 9 heteroatoms. The summed E-state index contributed by atoms with van der Waals surface area (Å²) in [4.78, 5) is 11.7. The first-order valence-corrected chi connectivity index (χ1v) is 10.2. The van der Waals surface area contributed by atoms with E-state index in [1.54, 1.807) is 18.2 Å². The van der Waals surface area contributed by atoms with Crippen molar-refractivity contribution < 1.29 is 43.1 Å². The van der Waals surface area contributed by atoms with E-state index < -0.39 is 5.97 Å². The van der Waals surface area contributed by atoms with Crippen LogP contribution in [0.25, 0.3) is 0 Å². The largest absolute Gasteiger partial charge is 0.478 e. The third-order valence-corrected chi connectivity index (χ3v) is 4.20. The van der Waals surface area contributed by atoms with Crippen LogP contribution in [-0.4, -0.2) is 90.4 Å². The van der Waals surface area contributed by atoms with E-state index in [0.717, 1.165) is 0 Å². The van der Waals surface area contributed by atoms with Gasteiger partial charge in [0.2, 0.25) is 0 Å². The van der Waals surface area contributed by atoms with Gasteiger partial charge >= 0.3 is 5.97 Å². The molecular formula is C21H32O9. The van der Waals surface area contributed by atoms with E-state index in [-0.39, 0.29) is 18.8 Å². The molecule has 0 atom stereocenters. The molecule has 170 valence electrons. The first-order valence-electron chi connectivity index (χ1n) is 10.2. The zero-order valence-corrected chi connectivity index (χ0v) is 17.3. The Morgan fingerprint density at radius 3 is 1.17 bits per heavy atom. The molecule has 0 unspecified atom stereocenters. The van der Waals surface area contributed by atoms with Crippen molar-refractivity contribution in [1.82, 2.24) is 0 Å². The summed E-state index contributed by atoms with van der Waals surface area (Å²) in [5.74, 6) is -1.000. The van der Waals surface area contributed by atoms with E-state index in [1.807, 2.05) is 0 Å². The number of hydrogen-bond acceptors (Lipinski definition) is 8. The van der Waals surface area contributed by atoms with Crippen molar-refractivity contribution in [2.75, 3.05) is 79.3 Å². The molecule has 1 N–H and O–H groups in total. The monoisotopic (exact) mass is 428 g/mol. The number of aromatic carboxylic acids is 1. The van der Waals surface area contributed by atoms with Gasteiger partial charge in [0.15, 0.2) is 0 Å². The average Bonchev–Trinajstić information content (AvgIpc) is 2.74. The van der Waals surface area contributed by atoms with Crippen LogP contribution >= 0.6 is 0 Å². The molecule has 0 saturated carbocycles. The molecule has 1 heterocycles. The Bertz CT molecular complexity index is 554. The number of ether oxygens (including phenoxy) is 7. The van der Waals surface area contributed by atoms with Crippen LogP contribution in [0.1, 0.15) is 21.5 Å². The van der Waals surface area contributed by atoms with Crippen molar-refractivity contribution in [3.63, 3.8) is 0 Å². The Morgan fingerprint density at radius 2 is 0.867 bits per heavy atom. The first kappa shape index (κ1) is 24.7. The molecule has 0 aromatic heterocycles. The summed E-state index contributed by atoms with van der Waals surface area (Å²) in [6.45, 7) is 5.78. The smallest absolute Gasteiger partial charge is 0.336 e. The third kappa shape index (κ3) is 10.4.